The van der Waals surface area contributed by atoms with E-state index in [4.69, 9.17) is 14.6 Å². The molecule has 0 unspecified atom stereocenters. The van der Waals surface area contributed by atoms with Crippen molar-refractivity contribution in [2.24, 2.45) is 5.92 Å². The van der Waals surface area contributed by atoms with Gasteiger partial charge in [0.1, 0.15) is 24.7 Å². The van der Waals surface area contributed by atoms with Gasteiger partial charge in [-0.2, -0.15) is 26.3 Å². The molecule has 3 N–H and O–H groups in total. The molecule has 2 aromatic carbocycles. The van der Waals surface area contributed by atoms with Crippen molar-refractivity contribution in [3.8, 4) is 11.5 Å². The zero-order valence-corrected chi connectivity index (χ0v) is 31.8. The summed E-state index contributed by atoms with van der Waals surface area (Å²) < 4.78 is 87.9. The second kappa shape index (κ2) is 22.1. The van der Waals surface area contributed by atoms with Crippen LogP contribution in [0.5, 0.6) is 11.5 Å². The Bertz CT molecular complexity index is 1280. The fraction of sp³-hybridized carbons (Fsp3) is 0.595. The van der Waals surface area contributed by atoms with Crippen LogP contribution < -0.4 is 9.47 Å². The molecule has 7 nitrogen and oxygen atoms in total. The summed E-state index contributed by atoms with van der Waals surface area (Å²) in [6.07, 6.45) is -6.29. The number of nitrogens with zero attached hydrogens (tertiary/aromatic N) is 2. The number of alkyl halides is 6. The standard InChI is InChI=1S/C17H24F3NO2.C17H22F3NO2.C2H6O.CH3.Pd/c2*1-13(2)16(22)7-9-21(10-8-16)11-12-23-15-6-4-3-5-14(15)17(18,19)20;1-2-3;;/h3-6,13,22H,7-12H2,1-2H3;3-6,22H,1,7-12H2,2H3;3H,2H2,1H3;1H3;/q;;;-1;. The molecule has 0 aromatic heterocycles. The van der Waals surface area contributed by atoms with Gasteiger partial charge in [-0.15, -0.1) is 0 Å². The molecule has 0 atom stereocenters. The van der Waals surface area contributed by atoms with Gasteiger partial charge < -0.3 is 32.2 Å². The largest absolute Gasteiger partial charge is 0.492 e. The third kappa shape index (κ3) is 15.8. The smallest absolute Gasteiger partial charge is 0.419 e. The van der Waals surface area contributed by atoms with Gasteiger partial charge in [-0.25, -0.2) is 0 Å². The first-order chi connectivity index (χ1) is 22.9. The van der Waals surface area contributed by atoms with E-state index in [9.17, 15) is 36.6 Å². The van der Waals surface area contributed by atoms with Gasteiger partial charge in [0.25, 0.3) is 0 Å². The van der Waals surface area contributed by atoms with Crippen LogP contribution in [0.2, 0.25) is 0 Å². The van der Waals surface area contributed by atoms with Crippen LogP contribution in [0.25, 0.3) is 0 Å². The maximum Gasteiger partial charge on any atom is 0.419 e. The predicted octanol–water partition coefficient (Wildman–Crippen LogP) is 7.50. The first kappa shape index (κ1) is 48.8. The van der Waals surface area contributed by atoms with Gasteiger partial charge in [0.2, 0.25) is 0 Å². The Kier molecular flexibility index (Phi) is 21.2. The number of ether oxygens (including phenoxy) is 2. The maximum absolute atomic E-state index is 12.9. The molecule has 2 aliphatic rings. The molecule has 296 valence electrons. The van der Waals surface area contributed by atoms with Crippen molar-refractivity contribution in [2.45, 2.75) is 76.9 Å². The van der Waals surface area contributed by atoms with Gasteiger partial charge in [0.15, 0.2) is 0 Å². The van der Waals surface area contributed by atoms with Crippen molar-refractivity contribution in [3.63, 3.8) is 0 Å². The Morgan fingerprint density at radius 2 is 1.10 bits per heavy atom. The molecule has 0 radical (unpaired) electrons. The van der Waals surface area contributed by atoms with E-state index in [1.807, 2.05) is 20.8 Å². The summed E-state index contributed by atoms with van der Waals surface area (Å²) in [6.45, 7) is 15.8. The van der Waals surface area contributed by atoms with Crippen LogP contribution in [-0.2, 0) is 32.8 Å². The van der Waals surface area contributed by atoms with E-state index in [0.29, 0.717) is 51.9 Å². The monoisotopic (exact) mass is 827 g/mol. The van der Waals surface area contributed by atoms with Crippen molar-refractivity contribution < 1.29 is 71.6 Å². The number of hydrogen-bond donors (Lipinski definition) is 3. The van der Waals surface area contributed by atoms with Crippen LogP contribution >= 0.6 is 0 Å². The molecule has 0 spiro atoms. The third-order valence-electron chi connectivity index (χ3n) is 8.99. The molecule has 4 rings (SSSR count). The molecule has 14 heteroatoms. The Morgan fingerprint density at radius 1 is 0.765 bits per heavy atom. The van der Waals surface area contributed by atoms with Crippen LogP contribution in [0.3, 0.4) is 0 Å². The molecule has 0 saturated carbocycles. The Hall–Kier alpha value is -2.18. The van der Waals surface area contributed by atoms with Gasteiger partial charge in [0, 0.05) is 66.3 Å². The van der Waals surface area contributed by atoms with E-state index in [-0.39, 0.29) is 65.1 Å². The first-order valence-electron chi connectivity index (χ1n) is 16.6. The Morgan fingerprint density at radius 3 is 1.41 bits per heavy atom. The van der Waals surface area contributed by atoms with E-state index >= 15 is 0 Å². The van der Waals surface area contributed by atoms with Gasteiger partial charge in [-0.3, -0.25) is 9.80 Å². The van der Waals surface area contributed by atoms with Crippen molar-refractivity contribution >= 4 is 0 Å². The van der Waals surface area contributed by atoms with E-state index in [0.717, 1.165) is 30.8 Å². The minimum Gasteiger partial charge on any atom is -0.492 e. The third-order valence-corrected chi connectivity index (χ3v) is 8.99. The first-order valence-corrected chi connectivity index (χ1v) is 16.6. The second-order valence-corrected chi connectivity index (χ2v) is 12.8. The van der Waals surface area contributed by atoms with E-state index < -0.39 is 34.7 Å². The number of piperidine rings is 2. The molecule has 51 heavy (non-hydrogen) atoms. The van der Waals surface area contributed by atoms with Crippen molar-refractivity contribution in [1.29, 1.82) is 0 Å². The summed E-state index contributed by atoms with van der Waals surface area (Å²) in [5, 5.41) is 28.3. The van der Waals surface area contributed by atoms with Crippen LogP contribution in [0.15, 0.2) is 60.7 Å². The van der Waals surface area contributed by atoms with Crippen molar-refractivity contribution in [3.05, 3.63) is 79.2 Å². The number of likely N-dealkylation sites (tertiary alicyclic amines) is 2. The van der Waals surface area contributed by atoms with Crippen molar-refractivity contribution in [1.82, 2.24) is 9.80 Å². The molecular formula is C37H55F6N2O5Pd-. The fourth-order valence-corrected chi connectivity index (χ4v) is 5.54. The SMILES string of the molecule is C=C(C)C1(O)CCN(CCOc2ccccc2C(F)(F)F)CC1.CC(C)C1(O)CCN(CCOc2ccccc2C(F)(F)F)CC1.CCO.[CH3-].[Pd]. The van der Waals surface area contributed by atoms with E-state index in [1.165, 1.54) is 36.4 Å². The van der Waals surface area contributed by atoms with E-state index in [2.05, 4.69) is 16.4 Å². The molecule has 2 fully saturated rings. The molecular weight excluding hydrogens is 773 g/mol. The normalized spacial score (nSPS) is 17.4. The number of aliphatic hydroxyl groups is 3. The number of benzene rings is 2. The summed E-state index contributed by atoms with van der Waals surface area (Å²) in [6, 6.07) is 10.5. The summed E-state index contributed by atoms with van der Waals surface area (Å²) in [5.41, 5.74) is -2.18. The van der Waals surface area contributed by atoms with Gasteiger partial charge in [0.05, 0.1) is 22.3 Å². The zero-order chi connectivity index (χ0) is 36.9. The summed E-state index contributed by atoms with van der Waals surface area (Å²) >= 11 is 0. The quantitative estimate of drug-likeness (QED) is 0.0991. The molecule has 0 amide bonds. The Balaban J connectivity index is 0.000000878. The molecule has 2 heterocycles. The Labute approximate surface area is 313 Å². The van der Waals surface area contributed by atoms with Crippen LogP contribution in [0.4, 0.5) is 26.3 Å². The van der Waals surface area contributed by atoms with Gasteiger partial charge >= 0.3 is 12.4 Å². The zero-order valence-electron chi connectivity index (χ0n) is 30.2. The van der Waals surface area contributed by atoms with Gasteiger partial charge in [-0.05, 0) is 75.3 Å². The molecule has 2 aliphatic heterocycles. The minimum atomic E-state index is -4.42. The second-order valence-electron chi connectivity index (χ2n) is 12.8. The van der Waals surface area contributed by atoms with Gasteiger partial charge in [-0.1, -0.05) is 44.7 Å². The number of halogens is 6. The number of hydrogen-bond acceptors (Lipinski definition) is 7. The summed E-state index contributed by atoms with van der Waals surface area (Å²) in [7, 11) is 0. The average molecular weight is 828 g/mol. The summed E-state index contributed by atoms with van der Waals surface area (Å²) in [5.74, 6) is -0.0642. The number of para-hydroxylation sites is 2. The van der Waals surface area contributed by atoms with Crippen molar-refractivity contribution in [2.75, 3.05) is 59.1 Å². The molecule has 2 aromatic rings. The maximum atomic E-state index is 12.9. The number of rotatable bonds is 10. The average Bonchev–Trinajstić information content (AvgIpc) is 3.03. The predicted molar refractivity (Wildman–Crippen MR) is 184 cm³/mol. The fourth-order valence-electron chi connectivity index (χ4n) is 5.54. The van der Waals surface area contributed by atoms with Crippen LogP contribution in [0, 0.1) is 13.3 Å². The molecule has 2 saturated heterocycles. The molecule has 0 aliphatic carbocycles. The topological polar surface area (TPSA) is 85.6 Å². The van der Waals surface area contributed by atoms with Crippen LogP contribution in [0.1, 0.15) is 64.5 Å². The number of aliphatic hydroxyl groups excluding tert-OH is 1. The molecule has 0 bridgehead atoms. The van der Waals surface area contributed by atoms with E-state index in [1.54, 1.807) is 6.92 Å². The van der Waals surface area contributed by atoms with Crippen LogP contribution in [-0.4, -0.2) is 95.4 Å². The minimum absolute atomic E-state index is 0. The summed E-state index contributed by atoms with van der Waals surface area (Å²) in [4.78, 5) is 4.20.